The second-order valence-electron chi connectivity index (χ2n) is 7.94. The number of methoxy groups -OCH3 is 1. The standard InChI is InChI=1S/C24H28F3N3O2/c1-4-5-17(2)23(31)29-14-11-20(12-15-29)30(21-16-28-13-10-22(21)32-3)19-8-6-18(7-9-19)24(25,26)27/h4,6-10,13,16-17,20H,1,5,11-12,14-15H2,2-3H3. The van der Waals surface area contributed by atoms with E-state index in [9.17, 15) is 18.0 Å². The largest absolute Gasteiger partial charge is 0.494 e. The predicted molar refractivity (Wildman–Crippen MR) is 118 cm³/mol. The van der Waals surface area contributed by atoms with Crippen molar-refractivity contribution in [2.24, 2.45) is 5.92 Å². The SMILES string of the molecule is C=CCC(C)C(=O)N1CCC(N(c2ccc(C(F)(F)F)cc2)c2cnccc2OC)CC1. The highest BCUT2D eigenvalue weighted by Gasteiger charge is 2.33. The van der Waals surface area contributed by atoms with Gasteiger partial charge in [-0.3, -0.25) is 9.78 Å². The maximum Gasteiger partial charge on any atom is 0.416 e. The van der Waals surface area contributed by atoms with Gasteiger partial charge in [-0.05, 0) is 43.5 Å². The molecular formula is C24H28F3N3O2. The van der Waals surface area contributed by atoms with E-state index in [1.807, 2.05) is 16.7 Å². The second-order valence-corrected chi connectivity index (χ2v) is 7.94. The highest BCUT2D eigenvalue weighted by atomic mass is 19.4. The van der Waals surface area contributed by atoms with Crippen molar-refractivity contribution >= 4 is 17.3 Å². The molecular weight excluding hydrogens is 419 g/mol. The summed E-state index contributed by atoms with van der Waals surface area (Å²) < 4.78 is 44.7. The van der Waals surface area contributed by atoms with Crippen LogP contribution in [0.3, 0.4) is 0 Å². The maximum absolute atomic E-state index is 13.1. The molecule has 1 saturated heterocycles. The van der Waals surface area contributed by atoms with E-state index in [0.717, 1.165) is 12.1 Å². The number of piperidine rings is 1. The minimum absolute atomic E-state index is 0.0244. The van der Waals surface area contributed by atoms with Crippen molar-refractivity contribution in [2.75, 3.05) is 25.1 Å². The summed E-state index contributed by atoms with van der Waals surface area (Å²) in [7, 11) is 1.55. The Kier molecular flexibility index (Phi) is 7.43. The third-order valence-corrected chi connectivity index (χ3v) is 5.80. The molecule has 5 nitrogen and oxygen atoms in total. The van der Waals surface area contributed by atoms with E-state index in [4.69, 9.17) is 4.74 Å². The zero-order valence-corrected chi connectivity index (χ0v) is 18.3. The first kappa shape index (κ1) is 23.6. The Morgan fingerprint density at radius 1 is 1.28 bits per heavy atom. The Morgan fingerprint density at radius 3 is 2.50 bits per heavy atom. The second kappa shape index (κ2) is 10.1. The number of aromatic nitrogens is 1. The van der Waals surface area contributed by atoms with Gasteiger partial charge in [-0.15, -0.1) is 6.58 Å². The van der Waals surface area contributed by atoms with Gasteiger partial charge in [0.15, 0.2) is 0 Å². The molecule has 1 aromatic heterocycles. The number of pyridine rings is 1. The van der Waals surface area contributed by atoms with Crippen LogP contribution < -0.4 is 9.64 Å². The number of allylic oxidation sites excluding steroid dienone is 1. The molecule has 0 spiro atoms. The lowest BCUT2D eigenvalue weighted by Crippen LogP contribution is -2.47. The molecule has 0 N–H and O–H groups in total. The Bertz CT molecular complexity index is 923. The topological polar surface area (TPSA) is 45.7 Å². The molecule has 1 aliphatic heterocycles. The number of amides is 1. The summed E-state index contributed by atoms with van der Waals surface area (Å²) >= 11 is 0. The lowest BCUT2D eigenvalue weighted by Gasteiger charge is -2.40. The van der Waals surface area contributed by atoms with Gasteiger partial charge >= 0.3 is 6.18 Å². The molecule has 8 heteroatoms. The molecule has 32 heavy (non-hydrogen) atoms. The average molecular weight is 448 g/mol. The molecule has 0 bridgehead atoms. The number of ether oxygens (including phenoxy) is 1. The van der Waals surface area contributed by atoms with Gasteiger partial charge < -0.3 is 14.5 Å². The van der Waals surface area contributed by atoms with E-state index in [2.05, 4.69) is 11.6 Å². The molecule has 2 aromatic rings. The number of alkyl halides is 3. The van der Waals surface area contributed by atoms with Crippen molar-refractivity contribution in [3.63, 3.8) is 0 Å². The molecule has 0 saturated carbocycles. The Balaban J connectivity index is 1.88. The summed E-state index contributed by atoms with van der Waals surface area (Å²) in [4.78, 5) is 20.7. The van der Waals surface area contributed by atoms with Crippen LogP contribution in [0.15, 0.2) is 55.4 Å². The third kappa shape index (κ3) is 5.23. The van der Waals surface area contributed by atoms with Crippen molar-refractivity contribution in [1.82, 2.24) is 9.88 Å². The van der Waals surface area contributed by atoms with Gasteiger partial charge in [-0.25, -0.2) is 0 Å². The summed E-state index contributed by atoms with van der Waals surface area (Å²) in [6.07, 6.45) is 2.58. The Labute approximate surface area is 186 Å². The predicted octanol–water partition coefficient (Wildman–Crippen LogP) is 5.45. The van der Waals surface area contributed by atoms with Crippen molar-refractivity contribution in [3.8, 4) is 5.75 Å². The number of carbonyl (C=O) groups is 1. The fraction of sp³-hybridized carbons (Fsp3) is 0.417. The number of benzene rings is 1. The van der Waals surface area contributed by atoms with Crippen LogP contribution in [-0.2, 0) is 11.0 Å². The van der Waals surface area contributed by atoms with Crippen LogP contribution in [0.1, 0.15) is 31.7 Å². The first-order valence-electron chi connectivity index (χ1n) is 10.6. The molecule has 172 valence electrons. The zero-order chi connectivity index (χ0) is 23.3. The number of hydrogen-bond donors (Lipinski definition) is 0. The summed E-state index contributed by atoms with van der Waals surface area (Å²) in [6.45, 7) is 6.74. The molecule has 3 rings (SSSR count). The minimum atomic E-state index is -4.40. The Morgan fingerprint density at radius 2 is 1.94 bits per heavy atom. The third-order valence-electron chi connectivity index (χ3n) is 5.80. The summed E-state index contributed by atoms with van der Waals surface area (Å²) in [5.41, 5.74) is 0.602. The number of halogens is 3. The zero-order valence-electron chi connectivity index (χ0n) is 18.3. The van der Waals surface area contributed by atoms with Gasteiger partial charge in [-0.1, -0.05) is 13.0 Å². The van der Waals surface area contributed by atoms with Crippen molar-refractivity contribution < 1.29 is 22.7 Å². The van der Waals surface area contributed by atoms with Gasteiger partial charge in [0.25, 0.3) is 0 Å². The summed E-state index contributed by atoms with van der Waals surface area (Å²) in [5.74, 6) is 0.565. The smallest absolute Gasteiger partial charge is 0.416 e. The monoisotopic (exact) mass is 447 g/mol. The number of carbonyl (C=O) groups excluding carboxylic acids is 1. The maximum atomic E-state index is 13.1. The molecule has 0 aliphatic carbocycles. The Hall–Kier alpha value is -3.03. The highest BCUT2D eigenvalue weighted by Crippen LogP contribution is 2.39. The molecule has 1 atom stereocenters. The van der Waals surface area contributed by atoms with Crippen molar-refractivity contribution in [2.45, 2.75) is 38.4 Å². The van der Waals surface area contributed by atoms with Gasteiger partial charge in [0.1, 0.15) is 11.4 Å². The van der Waals surface area contributed by atoms with Crippen LogP contribution in [-0.4, -0.2) is 42.0 Å². The van der Waals surface area contributed by atoms with E-state index < -0.39 is 11.7 Å². The average Bonchev–Trinajstić information content (AvgIpc) is 2.79. The van der Waals surface area contributed by atoms with Crippen LogP contribution >= 0.6 is 0 Å². The fourth-order valence-corrected chi connectivity index (χ4v) is 4.09. The highest BCUT2D eigenvalue weighted by molar-refractivity contribution is 5.79. The van der Waals surface area contributed by atoms with Gasteiger partial charge in [0.2, 0.25) is 5.91 Å². The van der Waals surface area contributed by atoms with E-state index in [1.165, 1.54) is 12.1 Å². The minimum Gasteiger partial charge on any atom is -0.494 e. The first-order chi connectivity index (χ1) is 15.3. The molecule has 1 aliphatic rings. The number of nitrogens with zero attached hydrogens (tertiary/aromatic N) is 3. The number of likely N-dealkylation sites (tertiary alicyclic amines) is 1. The van der Waals surface area contributed by atoms with E-state index >= 15 is 0 Å². The number of rotatable bonds is 7. The van der Waals surface area contributed by atoms with Crippen LogP contribution in [0.2, 0.25) is 0 Å². The van der Waals surface area contributed by atoms with Crippen LogP contribution in [0.4, 0.5) is 24.5 Å². The molecule has 1 aromatic carbocycles. The van der Waals surface area contributed by atoms with Crippen LogP contribution in [0, 0.1) is 5.92 Å². The van der Waals surface area contributed by atoms with Crippen molar-refractivity contribution in [3.05, 3.63) is 60.9 Å². The van der Waals surface area contributed by atoms with Crippen LogP contribution in [0.25, 0.3) is 0 Å². The fourth-order valence-electron chi connectivity index (χ4n) is 4.09. The van der Waals surface area contributed by atoms with E-state index in [-0.39, 0.29) is 17.9 Å². The first-order valence-corrected chi connectivity index (χ1v) is 10.6. The summed E-state index contributed by atoms with van der Waals surface area (Å²) in [6, 6.07) is 6.81. The van der Waals surface area contributed by atoms with Crippen molar-refractivity contribution in [1.29, 1.82) is 0 Å². The number of anilines is 2. The van der Waals surface area contributed by atoms with Gasteiger partial charge in [0, 0.05) is 43.0 Å². The quantitative estimate of drug-likeness (QED) is 0.530. The summed E-state index contributed by atoms with van der Waals surface area (Å²) in [5, 5.41) is 0. The van der Waals surface area contributed by atoms with Gasteiger partial charge in [0.05, 0.1) is 18.9 Å². The normalized spacial score (nSPS) is 15.8. The molecule has 1 fully saturated rings. The molecule has 1 amide bonds. The van der Waals surface area contributed by atoms with Crippen LogP contribution in [0.5, 0.6) is 5.75 Å². The van der Waals surface area contributed by atoms with E-state index in [0.29, 0.717) is 49.5 Å². The lowest BCUT2D eigenvalue weighted by molar-refractivity contribution is -0.137. The number of hydrogen-bond acceptors (Lipinski definition) is 4. The molecule has 0 radical (unpaired) electrons. The van der Waals surface area contributed by atoms with Gasteiger partial charge in [-0.2, -0.15) is 13.2 Å². The lowest BCUT2D eigenvalue weighted by atomic mass is 9.98. The molecule has 1 unspecified atom stereocenters. The van der Waals surface area contributed by atoms with E-state index in [1.54, 1.807) is 31.6 Å². The molecule has 2 heterocycles.